The van der Waals surface area contributed by atoms with Crippen LogP contribution < -0.4 is 4.52 Å². The normalized spacial score (nSPS) is 12.4. The van der Waals surface area contributed by atoms with E-state index in [4.69, 9.17) is 9.05 Å². The fraction of sp³-hybridized carbons (Fsp3) is 0.500. The van der Waals surface area contributed by atoms with E-state index in [1.807, 2.05) is 18.2 Å². The van der Waals surface area contributed by atoms with Gasteiger partial charge in [-0.2, -0.15) is 0 Å². The van der Waals surface area contributed by atoms with Gasteiger partial charge in [0, 0.05) is 0 Å². The second kappa shape index (κ2) is 8.51. The van der Waals surface area contributed by atoms with Gasteiger partial charge in [-0.3, -0.25) is 0 Å². The van der Waals surface area contributed by atoms with Gasteiger partial charge in [0.05, 0.1) is 6.61 Å². The molecule has 1 N–H and O–H groups in total. The molecule has 0 bridgehead atoms. The molecule has 0 heterocycles. The van der Waals surface area contributed by atoms with E-state index in [1.54, 1.807) is 12.1 Å². The molecule has 3 nitrogen and oxygen atoms in total. The van der Waals surface area contributed by atoms with E-state index < -0.39 is 8.60 Å². The Bertz CT molecular complexity index is 266. The van der Waals surface area contributed by atoms with E-state index >= 15 is 0 Å². The Morgan fingerprint density at radius 3 is 2.56 bits per heavy atom. The quantitative estimate of drug-likeness (QED) is 0.555. The fourth-order valence-corrected chi connectivity index (χ4v) is 1.91. The predicted molar refractivity (Wildman–Crippen MR) is 66.3 cm³/mol. The van der Waals surface area contributed by atoms with Crippen molar-refractivity contribution >= 4 is 8.60 Å². The van der Waals surface area contributed by atoms with Crippen molar-refractivity contribution in [3.05, 3.63) is 30.3 Å². The number of para-hydroxylation sites is 1. The van der Waals surface area contributed by atoms with Crippen molar-refractivity contribution in [3.63, 3.8) is 0 Å². The van der Waals surface area contributed by atoms with E-state index in [9.17, 15) is 4.89 Å². The Balaban J connectivity index is 2.09. The van der Waals surface area contributed by atoms with Crippen molar-refractivity contribution < 1.29 is 13.9 Å². The number of hydrogen-bond donors (Lipinski definition) is 1. The van der Waals surface area contributed by atoms with Crippen molar-refractivity contribution in [3.8, 4) is 5.75 Å². The lowest BCUT2D eigenvalue weighted by molar-refractivity contribution is 0.254. The zero-order valence-corrected chi connectivity index (χ0v) is 10.5. The highest BCUT2D eigenvalue weighted by Gasteiger charge is 2.07. The summed E-state index contributed by atoms with van der Waals surface area (Å²) in [6, 6.07) is 9.22. The van der Waals surface area contributed by atoms with Crippen LogP contribution in [0.4, 0.5) is 0 Å². The molecule has 0 amide bonds. The van der Waals surface area contributed by atoms with Crippen LogP contribution >= 0.6 is 8.60 Å². The largest absolute Gasteiger partial charge is 0.427 e. The first-order valence-corrected chi connectivity index (χ1v) is 6.81. The lowest BCUT2D eigenvalue weighted by atomic mass is 10.2. The summed E-state index contributed by atoms with van der Waals surface area (Å²) in [5.74, 6) is 0.643. The Kier molecular flexibility index (Phi) is 7.15. The van der Waals surface area contributed by atoms with Crippen LogP contribution in [0.1, 0.15) is 32.6 Å². The molecule has 0 aliphatic carbocycles. The lowest BCUT2D eigenvalue weighted by Crippen LogP contribution is -1.94. The minimum absolute atomic E-state index is 0.565. The van der Waals surface area contributed by atoms with Gasteiger partial charge >= 0.3 is 8.60 Å². The summed E-state index contributed by atoms with van der Waals surface area (Å²) in [6.07, 6.45) is 4.54. The second-order valence-corrected chi connectivity index (χ2v) is 4.45. The zero-order chi connectivity index (χ0) is 11.6. The third-order valence-corrected chi connectivity index (χ3v) is 2.90. The molecule has 1 atom stereocenters. The molecule has 0 aliphatic rings. The van der Waals surface area contributed by atoms with Crippen LogP contribution in [0.25, 0.3) is 0 Å². The van der Waals surface area contributed by atoms with E-state index in [-0.39, 0.29) is 0 Å². The Labute approximate surface area is 98.4 Å². The Morgan fingerprint density at radius 1 is 1.12 bits per heavy atom. The molecule has 0 saturated heterocycles. The molecule has 0 aliphatic heterocycles. The van der Waals surface area contributed by atoms with Crippen LogP contribution in [0.2, 0.25) is 0 Å². The first-order chi connectivity index (χ1) is 7.83. The molecule has 1 aromatic rings. The highest BCUT2D eigenvalue weighted by molar-refractivity contribution is 7.41. The summed E-state index contributed by atoms with van der Waals surface area (Å²) < 4.78 is 10.4. The molecular weight excluding hydrogens is 223 g/mol. The van der Waals surface area contributed by atoms with Gasteiger partial charge in [-0.05, 0) is 18.6 Å². The first kappa shape index (κ1) is 13.4. The Hall–Kier alpha value is -0.630. The standard InChI is InChI=1S/C12H19O3P/c1-2-3-4-8-11-14-16(13)15-12-9-6-5-7-10-12/h5-7,9-10,13H,2-4,8,11H2,1H3. The van der Waals surface area contributed by atoms with E-state index in [0.717, 1.165) is 12.8 Å². The average Bonchev–Trinajstić information content (AvgIpc) is 2.30. The topological polar surface area (TPSA) is 38.7 Å². The average molecular weight is 242 g/mol. The molecule has 4 heteroatoms. The van der Waals surface area contributed by atoms with Crippen LogP contribution in [0.5, 0.6) is 5.75 Å². The summed E-state index contributed by atoms with van der Waals surface area (Å²) >= 11 is 0. The number of rotatable bonds is 8. The Morgan fingerprint density at radius 2 is 1.88 bits per heavy atom. The fourth-order valence-electron chi connectivity index (χ4n) is 1.27. The maximum absolute atomic E-state index is 9.48. The number of unbranched alkanes of at least 4 members (excludes halogenated alkanes) is 3. The third kappa shape index (κ3) is 6.06. The molecule has 0 spiro atoms. The molecule has 0 aromatic heterocycles. The number of hydrogen-bond acceptors (Lipinski definition) is 3. The molecule has 1 unspecified atom stereocenters. The molecule has 1 rings (SSSR count). The molecule has 0 fully saturated rings. The molecular formula is C12H19O3P. The SMILES string of the molecule is CCCCCCOP(O)Oc1ccccc1. The third-order valence-electron chi connectivity index (χ3n) is 2.13. The molecule has 0 saturated carbocycles. The van der Waals surface area contributed by atoms with Gasteiger partial charge in [0.15, 0.2) is 0 Å². The van der Waals surface area contributed by atoms with Gasteiger partial charge < -0.3 is 13.9 Å². The van der Waals surface area contributed by atoms with Crippen molar-refractivity contribution in [2.45, 2.75) is 32.6 Å². The van der Waals surface area contributed by atoms with Crippen molar-refractivity contribution in [2.24, 2.45) is 0 Å². The van der Waals surface area contributed by atoms with Crippen molar-refractivity contribution in [1.82, 2.24) is 0 Å². The van der Waals surface area contributed by atoms with Crippen LogP contribution in [-0.4, -0.2) is 11.5 Å². The first-order valence-electron chi connectivity index (χ1n) is 5.68. The van der Waals surface area contributed by atoms with Crippen molar-refractivity contribution in [1.29, 1.82) is 0 Å². The van der Waals surface area contributed by atoms with Crippen LogP contribution in [0.15, 0.2) is 30.3 Å². The van der Waals surface area contributed by atoms with Gasteiger partial charge in [0.1, 0.15) is 5.75 Å². The smallest absolute Gasteiger partial charge is 0.394 e. The number of benzene rings is 1. The maximum Gasteiger partial charge on any atom is 0.394 e. The van der Waals surface area contributed by atoms with Crippen molar-refractivity contribution in [2.75, 3.05) is 6.61 Å². The maximum atomic E-state index is 9.48. The molecule has 90 valence electrons. The van der Waals surface area contributed by atoms with E-state index in [0.29, 0.717) is 12.4 Å². The van der Waals surface area contributed by atoms with Gasteiger partial charge in [-0.25, -0.2) is 0 Å². The van der Waals surface area contributed by atoms with E-state index in [1.165, 1.54) is 12.8 Å². The predicted octanol–water partition coefficient (Wildman–Crippen LogP) is 3.88. The summed E-state index contributed by atoms with van der Waals surface area (Å²) in [7, 11) is -1.78. The second-order valence-electron chi connectivity index (χ2n) is 3.54. The molecule has 0 radical (unpaired) electrons. The molecule has 16 heavy (non-hydrogen) atoms. The van der Waals surface area contributed by atoms with Gasteiger partial charge in [-0.15, -0.1) is 0 Å². The monoisotopic (exact) mass is 242 g/mol. The molecule has 1 aromatic carbocycles. The minimum atomic E-state index is -1.78. The summed E-state index contributed by atoms with van der Waals surface area (Å²) in [4.78, 5) is 9.48. The van der Waals surface area contributed by atoms with Crippen LogP contribution in [0.3, 0.4) is 0 Å². The van der Waals surface area contributed by atoms with Gasteiger partial charge in [-0.1, -0.05) is 44.4 Å². The van der Waals surface area contributed by atoms with Crippen LogP contribution in [-0.2, 0) is 4.52 Å². The zero-order valence-electron chi connectivity index (χ0n) is 9.63. The van der Waals surface area contributed by atoms with Gasteiger partial charge in [0.25, 0.3) is 0 Å². The highest BCUT2D eigenvalue weighted by Crippen LogP contribution is 2.34. The van der Waals surface area contributed by atoms with Crippen LogP contribution in [0, 0.1) is 0 Å². The summed E-state index contributed by atoms with van der Waals surface area (Å²) in [5.41, 5.74) is 0. The minimum Gasteiger partial charge on any atom is -0.427 e. The summed E-state index contributed by atoms with van der Waals surface area (Å²) in [5, 5.41) is 0. The van der Waals surface area contributed by atoms with E-state index in [2.05, 4.69) is 6.92 Å². The van der Waals surface area contributed by atoms with Gasteiger partial charge in [0.2, 0.25) is 0 Å². The summed E-state index contributed by atoms with van der Waals surface area (Å²) in [6.45, 7) is 2.73. The highest BCUT2D eigenvalue weighted by atomic mass is 31.2. The lowest BCUT2D eigenvalue weighted by Gasteiger charge is -2.11.